The third-order valence-corrected chi connectivity index (χ3v) is 7.91. The minimum absolute atomic E-state index is 0.0639. The summed E-state index contributed by atoms with van der Waals surface area (Å²) in [6.07, 6.45) is 5.51. The molecule has 1 fully saturated rings. The third-order valence-electron chi connectivity index (χ3n) is 6.20. The maximum atomic E-state index is 13.3. The number of thioether (sulfide) groups is 1. The number of nitrogens with zero attached hydrogens (tertiary/aromatic N) is 1. The number of hydrogen-bond donors (Lipinski definition) is 1. The van der Waals surface area contributed by atoms with Gasteiger partial charge in [-0.05, 0) is 55.5 Å². The first-order valence-electron chi connectivity index (χ1n) is 11.5. The Bertz CT molecular complexity index is 963. The molecule has 0 aromatic heterocycles. The zero-order valence-corrected chi connectivity index (χ0v) is 21.6. The van der Waals surface area contributed by atoms with E-state index in [0.717, 1.165) is 37.0 Å². The number of rotatable bonds is 9. The van der Waals surface area contributed by atoms with E-state index in [1.807, 2.05) is 18.2 Å². The van der Waals surface area contributed by atoms with Gasteiger partial charge in [-0.15, -0.1) is 11.8 Å². The van der Waals surface area contributed by atoms with Crippen LogP contribution in [0.15, 0.2) is 42.5 Å². The molecule has 0 aliphatic heterocycles. The van der Waals surface area contributed by atoms with Crippen LogP contribution >= 0.6 is 35.0 Å². The van der Waals surface area contributed by atoms with Gasteiger partial charge in [0.25, 0.3) is 0 Å². The Labute approximate surface area is 211 Å². The number of aryl methyl sites for hydroxylation is 1. The maximum absolute atomic E-state index is 13.3. The Kier molecular flexibility index (Phi) is 9.96. The summed E-state index contributed by atoms with van der Waals surface area (Å²) in [5.74, 6) is 0.892. The Morgan fingerprint density at radius 1 is 1.09 bits per heavy atom. The Balaban J connectivity index is 1.68. The van der Waals surface area contributed by atoms with Crippen molar-refractivity contribution >= 4 is 46.8 Å². The van der Waals surface area contributed by atoms with Crippen LogP contribution in [0.4, 0.5) is 0 Å². The SMILES string of the molecule is Cc1ccccc1CSCC(=O)N(Cc1ccc(Cl)c(Cl)c1)C(C)C(=O)NC1CCCCC1. The average Bonchev–Trinajstić information content (AvgIpc) is 2.81. The standard InChI is InChI=1S/C26H32Cl2N2O2S/c1-18-8-6-7-9-21(18)16-33-17-25(31)30(15-20-12-13-23(27)24(28)14-20)19(2)26(32)29-22-10-4-3-5-11-22/h6-9,12-14,19,22H,3-5,10-11,15-17H2,1-2H3,(H,29,32). The van der Waals surface area contributed by atoms with E-state index in [0.29, 0.717) is 22.3 Å². The summed E-state index contributed by atoms with van der Waals surface area (Å²) < 4.78 is 0. The number of nitrogens with one attached hydrogen (secondary N) is 1. The van der Waals surface area contributed by atoms with Crippen LogP contribution in [0.5, 0.6) is 0 Å². The van der Waals surface area contributed by atoms with E-state index in [1.165, 1.54) is 17.5 Å². The van der Waals surface area contributed by atoms with Crippen LogP contribution in [0.1, 0.15) is 55.7 Å². The molecular weight excluding hydrogens is 475 g/mol. The second-order valence-electron chi connectivity index (χ2n) is 8.71. The first-order valence-corrected chi connectivity index (χ1v) is 13.4. The molecule has 1 atom stereocenters. The fraction of sp³-hybridized carbons (Fsp3) is 0.462. The van der Waals surface area contributed by atoms with E-state index < -0.39 is 6.04 Å². The van der Waals surface area contributed by atoms with Crippen LogP contribution in [0.3, 0.4) is 0 Å². The van der Waals surface area contributed by atoms with E-state index >= 15 is 0 Å². The molecule has 0 bridgehead atoms. The normalized spacial score (nSPS) is 15.2. The first-order chi connectivity index (χ1) is 15.8. The molecule has 178 valence electrons. The minimum Gasteiger partial charge on any atom is -0.352 e. The van der Waals surface area contributed by atoms with Crippen LogP contribution in [-0.2, 0) is 21.9 Å². The lowest BCUT2D eigenvalue weighted by molar-refractivity contribution is -0.139. The zero-order valence-electron chi connectivity index (χ0n) is 19.3. The van der Waals surface area contributed by atoms with Crippen molar-refractivity contribution in [3.8, 4) is 0 Å². The topological polar surface area (TPSA) is 49.4 Å². The molecule has 33 heavy (non-hydrogen) atoms. The summed E-state index contributed by atoms with van der Waals surface area (Å²) >= 11 is 13.8. The predicted octanol–water partition coefficient (Wildman–Crippen LogP) is 6.40. The van der Waals surface area contributed by atoms with Gasteiger partial charge in [0.2, 0.25) is 11.8 Å². The molecule has 1 aliphatic rings. The molecule has 2 aromatic carbocycles. The van der Waals surface area contributed by atoms with Gasteiger partial charge in [0.05, 0.1) is 15.8 Å². The summed E-state index contributed by atoms with van der Waals surface area (Å²) in [5.41, 5.74) is 3.28. The van der Waals surface area contributed by atoms with Crippen molar-refractivity contribution in [2.45, 2.75) is 70.3 Å². The highest BCUT2D eigenvalue weighted by Crippen LogP contribution is 2.25. The van der Waals surface area contributed by atoms with Gasteiger partial charge < -0.3 is 10.2 Å². The van der Waals surface area contributed by atoms with Gasteiger partial charge in [-0.2, -0.15) is 0 Å². The van der Waals surface area contributed by atoms with Crippen molar-refractivity contribution in [1.29, 1.82) is 0 Å². The molecule has 2 aromatic rings. The smallest absolute Gasteiger partial charge is 0.242 e. The minimum atomic E-state index is -0.576. The summed E-state index contributed by atoms with van der Waals surface area (Å²) in [5, 5.41) is 4.07. The highest BCUT2D eigenvalue weighted by Gasteiger charge is 2.28. The van der Waals surface area contributed by atoms with E-state index in [2.05, 4.69) is 24.4 Å². The molecule has 7 heteroatoms. The fourth-order valence-electron chi connectivity index (χ4n) is 4.09. The molecule has 3 rings (SSSR count). The molecule has 0 radical (unpaired) electrons. The van der Waals surface area contributed by atoms with Gasteiger partial charge in [-0.3, -0.25) is 9.59 Å². The van der Waals surface area contributed by atoms with Crippen molar-refractivity contribution in [2.24, 2.45) is 0 Å². The molecule has 0 heterocycles. The number of halogens is 2. The van der Waals surface area contributed by atoms with E-state index in [-0.39, 0.29) is 17.9 Å². The van der Waals surface area contributed by atoms with E-state index in [9.17, 15) is 9.59 Å². The number of benzene rings is 2. The van der Waals surface area contributed by atoms with Crippen molar-refractivity contribution in [3.05, 3.63) is 69.2 Å². The summed E-state index contributed by atoms with van der Waals surface area (Å²) in [7, 11) is 0. The van der Waals surface area contributed by atoms with Crippen molar-refractivity contribution in [2.75, 3.05) is 5.75 Å². The van der Waals surface area contributed by atoms with E-state index in [4.69, 9.17) is 23.2 Å². The van der Waals surface area contributed by atoms with Crippen LogP contribution in [-0.4, -0.2) is 34.6 Å². The second kappa shape index (κ2) is 12.7. The number of hydrogen-bond acceptors (Lipinski definition) is 3. The quantitative estimate of drug-likeness (QED) is 0.427. The first kappa shape index (κ1) is 25.9. The summed E-state index contributed by atoms with van der Waals surface area (Å²) in [6, 6.07) is 13.1. The predicted molar refractivity (Wildman–Crippen MR) is 139 cm³/mol. The third kappa shape index (κ3) is 7.66. The molecular formula is C26H32Cl2N2O2S. The number of carbonyl (C=O) groups is 2. The average molecular weight is 508 g/mol. The summed E-state index contributed by atoms with van der Waals surface area (Å²) in [6.45, 7) is 4.19. The van der Waals surface area contributed by atoms with Crippen molar-refractivity contribution < 1.29 is 9.59 Å². The lowest BCUT2D eigenvalue weighted by Crippen LogP contribution is -2.50. The molecule has 1 N–H and O–H groups in total. The Morgan fingerprint density at radius 2 is 1.82 bits per heavy atom. The molecule has 0 saturated heterocycles. The lowest BCUT2D eigenvalue weighted by atomic mass is 9.95. The van der Waals surface area contributed by atoms with Gasteiger partial charge in [-0.25, -0.2) is 0 Å². The molecule has 4 nitrogen and oxygen atoms in total. The highest BCUT2D eigenvalue weighted by molar-refractivity contribution is 7.99. The van der Waals surface area contributed by atoms with Gasteiger partial charge in [0, 0.05) is 18.3 Å². The lowest BCUT2D eigenvalue weighted by Gasteiger charge is -2.31. The molecule has 0 spiro atoms. The largest absolute Gasteiger partial charge is 0.352 e. The molecule has 2 amide bonds. The highest BCUT2D eigenvalue weighted by atomic mass is 35.5. The maximum Gasteiger partial charge on any atom is 0.242 e. The molecule has 1 saturated carbocycles. The number of carbonyl (C=O) groups excluding carboxylic acids is 2. The van der Waals surface area contributed by atoms with Crippen LogP contribution in [0.25, 0.3) is 0 Å². The van der Waals surface area contributed by atoms with Gasteiger partial charge in [-0.1, -0.05) is 72.8 Å². The van der Waals surface area contributed by atoms with Crippen LogP contribution < -0.4 is 5.32 Å². The second-order valence-corrected chi connectivity index (χ2v) is 10.5. The van der Waals surface area contributed by atoms with Crippen LogP contribution in [0, 0.1) is 6.92 Å². The Morgan fingerprint density at radius 3 is 2.52 bits per heavy atom. The zero-order chi connectivity index (χ0) is 23.8. The van der Waals surface area contributed by atoms with Crippen molar-refractivity contribution in [3.63, 3.8) is 0 Å². The molecule has 1 aliphatic carbocycles. The fourth-order valence-corrected chi connectivity index (χ4v) is 5.40. The van der Waals surface area contributed by atoms with Gasteiger partial charge >= 0.3 is 0 Å². The van der Waals surface area contributed by atoms with Gasteiger partial charge in [0.1, 0.15) is 6.04 Å². The van der Waals surface area contributed by atoms with E-state index in [1.54, 1.807) is 35.7 Å². The summed E-state index contributed by atoms with van der Waals surface area (Å²) in [4.78, 5) is 28.0. The number of amides is 2. The Hall–Kier alpha value is -1.69. The van der Waals surface area contributed by atoms with Crippen LogP contribution in [0.2, 0.25) is 10.0 Å². The monoisotopic (exact) mass is 506 g/mol. The van der Waals surface area contributed by atoms with Crippen molar-refractivity contribution in [1.82, 2.24) is 10.2 Å². The van der Waals surface area contributed by atoms with Gasteiger partial charge in [0.15, 0.2) is 0 Å². The molecule has 1 unspecified atom stereocenters.